The van der Waals surface area contributed by atoms with Crippen LogP contribution in [0.1, 0.15) is 19.4 Å². The van der Waals surface area contributed by atoms with Crippen molar-refractivity contribution in [3.8, 4) is 0 Å². The molecule has 0 fully saturated rings. The average molecular weight is 321 g/mol. The topological polar surface area (TPSA) is 111 Å². The van der Waals surface area contributed by atoms with E-state index in [1.54, 1.807) is 0 Å². The van der Waals surface area contributed by atoms with Crippen molar-refractivity contribution in [2.45, 2.75) is 32.6 Å². The number of carbonyl (C=O) groups excluding carboxylic acids is 2. The lowest BCUT2D eigenvalue weighted by molar-refractivity contribution is -0.158. The minimum absolute atomic E-state index is 0.0260. The second-order valence-corrected chi connectivity index (χ2v) is 4.72. The monoisotopic (exact) mass is 321 g/mol. The van der Waals surface area contributed by atoms with Gasteiger partial charge in [0.1, 0.15) is 18.8 Å². The molecule has 124 valence electrons. The zero-order chi connectivity index (χ0) is 17.1. The molecule has 8 heteroatoms. The van der Waals surface area contributed by atoms with Gasteiger partial charge in [0.2, 0.25) is 0 Å². The first-order chi connectivity index (χ1) is 11.0. The highest BCUT2D eigenvalue weighted by Crippen LogP contribution is 2.10. The van der Waals surface area contributed by atoms with Gasteiger partial charge in [-0.05, 0) is 11.1 Å². The average Bonchev–Trinajstić information content (AvgIpc) is 2.51. The molecule has 0 spiro atoms. The zero-order valence-electron chi connectivity index (χ0n) is 13.0. The van der Waals surface area contributed by atoms with Crippen molar-refractivity contribution in [2.75, 3.05) is 13.2 Å². The van der Waals surface area contributed by atoms with Crippen LogP contribution in [0.2, 0.25) is 0 Å². The summed E-state index contributed by atoms with van der Waals surface area (Å²) in [6, 6.07) is 8.64. The second-order valence-electron chi connectivity index (χ2n) is 4.72. The molecule has 0 unspecified atom stereocenters. The largest absolute Gasteiger partial charge is 0.462 e. The SMILES string of the molecule is CC(=O)OC[C@H](OC(C)=O)[C@H](COCc1ccccc1)N=[N+]=[N-]. The molecule has 0 radical (unpaired) electrons. The van der Waals surface area contributed by atoms with Crippen molar-refractivity contribution < 1.29 is 23.8 Å². The van der Waals surface area contributed by atoms with Gasteiger partial charge in [0.05, 0.1) is 13.2 Å². The Morgan fingerprint density at radius 1 is 1.17 bits per heavy atom. The molecule has 0 heterocycles. The number of esters is 2. The van der Waals surface area contributed by atoms with Crippen LogP contribution < -0.4 is 0 Å². The van der Waals surface area contributed by atoms with Gasteiger partial charge in [-0.25, -0.2) is 0 Å². The van der Waals surface area contributed by atoms with Crippen molar-refractivity contribution in [3.63, 3.8) is 0 Å². The zero-order valence-corrected chi connectivity index (χ0v) is 13.0. The third-order valence-electron chi connectivity index (χ3n) is 2.80. The Kier molecular flexibility index (Phi) is 8.20. The van der Waals surface area contributed by atoms with Crippen molar-refractivity contribution in [2.24, 2.45) is 5.11 Å². The van der Waals surface area contributed by atoms with E-state index < -0.39 is 24.1 Å². The first-order valence-electron chi connectivity index (χ1n) is 6.99. The number of benzene rings is 1. The minimum Gasteiger partial charge on any atom is -0.462 e. The van der Waals surface area contributed by atoms with E-state index in [1.165, 1.54) is 13.8 Å². The molecule has 0 N–H and O–H groups in total. The van der Waals surface area contributed by atoms with Gasteiger partial charge < -0.3 is 14.2 Å². The van der Waals surface area contributed by atoms with E-state index in [4.69, 9.17) is 19.7 Å². The molecule has 0 aliphatic carbocycles. The summed E-state index contributed by atoms with van der Waals surface area (Å²) in [5, 5.41) is 3.57. The third kappa shape index (κ3) is 7.85. The Bertz CT molecular complexity index is 557. The highest BCUT2D eigenvalue weighted by Gasteiger charge is 2.25. The molecule has 0 saturated heterocycles. The lowest BCUT2D eigenvalue weighted by Crippen LogP contribution is -2.37. The first-order valence-corrected chi connectivity index (χ1v) is 6.99. The van der Waals surface area contributed by atoms with E-state index >= 15 is 0 Å². The van der Waals surface area contributed by atoms with Gasteiger partial charge in [-0.2, -0.15) is 0 Å². The molecule has 8 nitrogen and oxygen atoms in total. The number of ether oxygens (including phenoxy) is 3. The molecular weight excluding hydrogens is 302 g/mol. The summed E-state index contributed by atoms with van der Waals surface area (Å²) >= 11 is 0. The summed E-state index contributed by atoms with van der Waals surface area (Å²) in [5.41, 5.74) is 9.62. The fourth-order valence-corrected chi connectivity index (χ4v) is 1.79. The van der Waals surface area contributed by atoms with Gasteiger partial charge in [-0.15, -0.1) is 0 Å². The maximum atomic E-state index is 11.2. The second kappa shape index (κ2) is 10.2. The van der Waals surface area contributed by atoms with Crippen LogP contribution in [0.3, 0.4) is 0 Å². The molecular formula is C15H19N3O5. The van der Waals surface area contributed by atoms with Crippen LogP contribution in [-0.2, 0) is 30.4 Å². The number of rotatable bonds is 9. The van der Waals surface area contributed by atoms with E-state index in [0.717, 1.165) is 5.56 Å². The molecule has 0 aromatic heterocycles. The lowest BCUT2D eigenvalue weighted by atomic mass is 10.2. The lowest BCUT2D eigenvalue weighted by Gasteiger charge is -2.22. The quantitative estimate of drug-likeness (QED) is 0.300. The smallest absolute Gasteiger partial charge is 0.303 e. The van der Waals surface area contributed by atoms with Crippen molar-refractivity contribution in [3.05, 3.63) is 46.3 Å². The summed E-state index contributed by atoms with van der Waals surface area (Å²) < 4.78 is 15.4. The number of hydrogen-bond acceptors (Lipinski definition) is 6. The molecule has 1 rings (SSSR count). The van der Waals surface area contributed by atoms with Gasteiger partial charge in [0.15, 0.2) is 0 Å². The fourth-order valence-electron chi connectivity index (χ4n) is 1.79. The van der Waals surface area contributed by atoms with Crippen LogP contribution in [0.15, 0.2) is 35.4 Å². The summed E-state index contributed by atoms with van der Waals surface area (Å²) in [6.07, 6.45) is -0.900. The maximum absolute atomic E-state index is 11.2. The third-order valence-corrected chi connectivity index (χ3v) is 2.80. The minimum atomic E-state index is -0.900. The standard InChI is InChI=1S/C15H19N3O5/c1-11(19)22-10-15(23-12(2)20)14(17-18-16)9-21-8-13-6-4-3-5-7-13/h3-7,14-15H,8-10H2,1-2H3/t14-,15-/m0/s1. The Hall–Kier alpha value is -2.57. The van der Waals surface area contributed by atoms with Gasteiger partial charge in [0.25, 0.3) is 0 Å². The van der Waals surface area contributed by atoms with Crippen LogP contribution in [0.4, 0.5) is 0 Å². The normalized spacial score (nSPS) is 12.6. The van der Waals surface area contributed by atoms with Gasteiger partial charge >= 0.3 is 11.9 Å². The molecule has 0 amide bonds. The van der Waals surface area contributed by atoms with Crippen molar-refractivity contribution >= 4 is 11.9 Å². The number of carbonyl (C=O) groups is 2. The molecule has 1 aromatic carbocycles. The van der Waals surface area contributed by atoms with Crippen molar-refractivity contribution in [1.82, 2.24) is 0 Å². The number of hydrogen-bond donors (Lipinski definition) is 0. The van der Waals surface area contributed by atoms with Crippen LogP contribution in [-0.4, -0.2) is 37.3 Å². The molecule has 2 atom stereocenters. The molecule has 0 aliphatic rings. The summed E-state index contributed by atoms with van der Waals surface area (Å²) in [4.78, 5) is 24.8. The molecule has 0 aliphatic heterocycles. The summed E-state index contributed by atoms with van der Waals surface area (Å²) in [7, 11) is 0. The Morgan fingerprint density at radius 3 is 2.43 bits per heavy atom. The Morgan fingerprint density at radius 2 is 1.87 bits per heavy atom. The predicted octanol–water partition coefficient (Wildman–Crippen LogP) is 2.38. The van der Waals surface area contributed by atoms with Gasteiger partial charge in [-0.3, -0.25) is 9.59 Å². The fraction of sp³-hybridized carbons (Fsp3) is 0.467. The van der Waals surface area contributed by atoms with E-state index in [2.05, 4.69) is 10.0 Å². The van der Waals surface area contributed by atoms with Crippen LogP contribution in [0.25, 0.3) is 10.4 Å². The molecule has 23 heavy (non-hydrogen) atoms. The summed E-state index contributed by atoms with van der Waals surface area (Å²) in [6.45, 7) is 2.60. The Labute approximate surface area is 134 Å². The van der Waals surface area contributed by atoms with Gasteiger partial charge in [0, 0.05) is 18.8 Å². The molecule has 0 saturated carbocycles. The summed E-state index contributed by atoms with van der Waals surface area (Å²) in [5.74, 6) is -1.09. The predicted molar refractivity (Wildman–Crippen MR) is 81.2 cm³/mol. The van der Waals surface area contributed by atoms with Gasteiger partial charge in [-0.1, -0.05) is 35.4 Å². The highest BCUT2D eigenvalue weighted by atomic mass is 16.6. The highest BCUT2D eigenvalue weighted by molar-refractivity contribution is 5.67. The molecule has 1 aromatic rings. The Balaban J connectivity index is 2.64. The van der Waals surface area contributed by atoms with Crippen LogP contribution in [0, 0.1) is 0 Å². The molecule has 0 bridgehead atoms. The first kappa shape index (κ1) is 18.5. The number of azide groups is 1. The maximum Gasteiger partial charge on any atom is 0.303 e. The van der Waals surface area contributed by atoms with Crippen molar-refractivity contribution in [1.29, 1.82) is 0 Å². The van der Waals surface area contributed by atoms with Crippen LogP contribution >= 0.6 is 0 Å². The van der Waals surface area contributed by atoms with E-state index in [9.17, 15) is 9.59 Å². The number of nitrogens with zero attached hydrogens (tertiary/aromatic N) is 3. The van der Waals surface area contributed by atoms with E-state index in [0.29, 0.717) is 6.61 Å². The van der Waals surface area contributed by atoms with Crippen LogP contribution in [0.5, 0.6) is 0 Å². The van der Waals surface area contributed by atoms with E-state index in [-0.39, 0.29) is 13.2 Å². The van der Waals surface area contributed by atoms with E-state index in [1.807, 2.05) is 30.3 Å².